The summed E-state index contributed by atoms with van der Waals surface area (Å²) in [5.74, 6) is -1.16. The molecule has 3 aromatic rings. The lowest BCUT2D eigenvalue weighted by Gasteiger charge is -2.27. The van der Waals surface area contributed by atoms with Crippen LogP contribution in [0.15, 0.2) is 24.3 Å². The summed E-state index contributed by atoms with van der Waals surface area (Å²) in [6, 6.07) is 5.25. The van der Waals surface area contributed by atoms with Crippen molar-refractivity contribution < 1.29 is 28.9 Å². The van der Waals surface area contributed by atoms with Crippen molar-refractivity contribution in [3.63, 3.8) is 0 Å². The van der Waals surface area contributed by atoms with Gasteiger partial charge in [0.15, 0.2) is 11.6 Å². The van der Waals surface area contributed by atoms with E-state index in [9.17, 15) is 14.3 Å². The molecule has 2 aromatic heterocycles. The maximum absolute atomic E-state index is 13.2. The molecule has 1 aromatic carbocycles. The van der Waals surface area contributed by atoms with Gasteiger partial charge in [-0.1, -0.05) is 6.07 Å². The smallest absolute Gasteiger partial charge is 0.270 e. The Hall–Kier alpha value is -3.55. The number of aliphatic hydroxyl groups is 1. The van der Waals surface area contributed by atoms with E-state index in [-0.39, 0.29) is 43.5 Å². The first-order valence-electron chi connectivity index (χ1n) is 10.1. The molecule has 0 bridgehead atoms. The molecule has 1 unspecified atom stereocenters. The first-order valence-corrected chi connectivity index (χ1v) is 10.1. The minimum atomic E-state index is -0.737. The molecule has 0 aliphatic carbocycles. The number of nitrogens with zero attached hydrogens (tertiary/aromatic N) is 6. The Bertz CT molecular complexity index is 1130. The Balaban J connectivity index is 1.41. The lowest BCUT2D eigenvalue weighted by Crippen LogP contribution is -2.40. The number of aromatic hydroxyl groups is 1. The summed E-state index contributed by atoms with van der Waals surface area (Å²) in [5.41, 5.74) is 0.941. The topological polar surface area (TPSA) is 157 Å². The van der Waals surface area contributed by atoms with Crippen LogP contribution in [0.3, 0.4) is 0 Å². The molecule has 4 rings (SSSR count). The zero-order chi connectivity index (χ0) is 23.4. The van der Waals surface area contributed by atoms with Crippen LogP contribution in [0.5, 0.6) is 5.75 Å². The molecule has 174 valence electrons. The molecule has 2 atom stereocenters. The van der Waals surface area contributed by atoms with E-state index in [1.54, 1.807) is 6.92 Å². The number of carbonyl (C=O) groups is 1. The fraction of sp³-hybridized carbons (Fsp3) is 0.400. The highest BCUT2D eigenvalue weighted by atomic mass is 19.1. The van der Waals surface area contributed by atoms with E-state index < -0.39 is 17.5 Å². The molecule has 12 nitrogen and oxygen atoms in total. The molecule has 33 heavy (non-hydrogen) atoms. The van der Waals surface area contributed by atoms with Gasteiger partial charge in [0.2, 0.25) is 5.82 Å². The van der Waals surface area contributed by atoms with Gasteiger partial charge in [-0.05, 0) is 35.9 Å². The second-order valence-electron chi connectivity index (χ2n) is 7.42. The summed E-state index contributed by atoms with van der Waals surface area (Å²) in [5, 5.41) is 33.5. The normalized spacial score (nSPS) is 18.3. The van der Waals surface area contributed by atoms with Gasteiger partial charge >= 0.3 is 0 Å². The minimum Gasteiger partial charge on any atom is -0.505 e. The predicted octanol–water partition coefficient (Wildman–Crippen LogP) is -0.0105. The number of benzene rings is 1. The number of phenolic OH excluding ortho intramolecular Hbond substituents is 1. The number of aromatic nitrogens is 6. The summed E-state index contributed by atoms with van der Waals surface area (Å²) < 4.78 is 24.3. The van der Waals surface area contributed by atoms with E-state index >= 15 is 0 Å². The van der Waals surface area contributed by atoms with Crippen LogP contribution in [0.2, 0.25) is 0 Å². The van der Waals surface area contributed by atoms with E-state index in [1.165, 1.54) is 23.0 Å². The number of aliphatic hydroxyl groups excluding tert-OH is 1. The van der Waals surface area contributed by atoms with Crippen molar-refractivity contribution in [2.45, 2.75) is 32.2 Å². The fourth-order valence-electron chi connectivity index (χ4n) is 3.14. The van der Waals surface area contributed by atoms with E-state index in [4.69, 9.17) is 14.6 Å². The highest BCUT2D eigenvalue weighted by molar-refractivity contribution is 5.93. The fourth-order valence-corrected chi connectivity index (χ4v) is 3.14. The van der Waals surface area contributed by atoms with Crippen LogP contribution < -0.4 is 5.32 Å². The average molecular weight is 459 g/mol. The second kappa shape index (κ2) is 9.94. The lowest BCUT2D eigenvalue weighted by molar-refractivity contribution is -0.150. The van der Waals surface area contributed by atoms with Gasteiger partial charge in [0.05, 0.1) is 26.4 Å². The molecular formula is C20H22FN7O5. The average Bonchev–Trinajstić information content (AvgIpc) is 3.28. The van der Waals surface area contributed by atoms with Crippen molar-refractivity contribution in [3.8, 4) is 17.3 Å². The maximum atomic E-state index is 13.2. The Morgan fingerprint density at radius 1 is 1.24 bits per heavy atom. The molecule has 1 saturated heterocycles. The van der Waals surface area contributed by atoms with Crippen LogP contribution in [-0.4, -0.2) is 78.3 Å². The van der Waals surface area contributed by atoms with Crippen molar-refractivity contribution in [3.05, 3.63) is 47.2 Å². The molecule has 3 heterocycles. The van der Waals surface area contributed by atoms with Crippen molar-refractivity contribution in [1.82, 2.24) is 35.5 Å². The van der Waals surface area contributed by atoms with Gasteiger partial charge in [0.1, 0.15) is 29.4 Å². The molecule has 13 heteroatoms. The van der Waals surface area contributed by atoms with Crippen LogP contribution in [0.25, 0.3) is 11.5 Å². The lowest BCUT2D eigenvalue weighted by atomic mass is 10.2. The molecule has 1 aliphatic rings. The quantitative estimate of drug-likeness (QED) is 0.439. The molecule has 1 fully saturated rings. The minimum absolute atomic E-state index is 0.0695. The number of hydrogen-bond acceptors (Lipinski definition) is 10. The Morgan fingerprint density at radius 3 is 2.76 bits per heavy atom. The SMILES string of the molecule is Cc1nc(C(=O)NCc2ccc(F)c(O)c2)cc(-c2nnn(C[C@H]3COC(CO)CO3)n2)n1. The highest BCUT2D eigenvalue weighted by Crippen LogP contribution is 2.17. The zero-order valence-corrected chi connectivity index (χ0v) is 17.7. The number of amides is 1. The summed E-state index contributed by atoms with van der Waals surface area (Å²) in [6.45, 7) is 2.48. The number of ether oxygens (including phenoxy) is 2. The largest absolute Gasteiger partial charge is 0.505 e. The number of rotatable bonds is 7. The Morgan fingerprint density at radius 2 is 2.03 bits per heavy atom. The molecule has 3 N–H and O–H groups in total. The van der Waals surface area contributed by atoms with Gasteiger partial charge in [-0.25, -0.2) is 14.4 Å². The van der Waals surface area contributed by atoms with Crippen molar-refractivity contribution >= 4 is 5.91 Å². The van der Waals surface area contributed by atoms with E-state index in [2.05, 4.69) is 30.7 Å². The molecule has 0 radical (unpaired) electrons. The number of carbonyl (C=O) groups excluding carboxylic acids is 1. The van der Waals surface area contributed by atoms with Crippen molar-refractivity contribution in [1.29, 1.82) is 0 Å². The highest BCUT2D eigenvalue weighted by Gasteiger charge is 2.23. The summed E-state index contributed by atoms with van der Waals surface area (Å²) in [6.07, 6.45) is -0.614. The Labute approximate surface area is 187 Å². The molecule has 0 spiro atoms. The van der Waals surface area contributed by atoms with Crippen LogP contribution in [0.1, 0.15) is 21.9 Å². The van der Waals surface area contributed by atoms with Crippen LogP contribution in [0, 0.1) is 12.7 Å². The molecule has 1 amide bonds. The van der Waals surface area contributed by atoms with E-state index in [1.807, 2.05) is 0 Å². The molecular weight excluding hydrogens is 437 g/mol. The Kier molecular flexibility index (Phi) is 6.82. The first-order chi connectivity index (χ1) is 15.9. The van der Waals surface area contributed by atoms with Crippen LogP contribution in [0.4, 0.5) is 4.39 Å². The number of hydrogen-bond donors (Lipinski definition) is 3. The summed E-state index contributed by atoms with van der Waals surface area (Å²) in [4.78, 5) is 22.4. The van der Waals surface area contributed by atoms with Crippen LogP contribution >= 0.6 is 0 Å². The summed E-state index contributed by atoms with van der Waals surface area (Å²) in [7, 11) is 0. The van der Waals surface area contributed by atoms with E-state index in [0.717, 1.165) is 6.07 Å². The first kappa shape index (κ1) is 22.6. The van der Waals surface area contributed by atoms with Gasteiger partial charge in [-0.15, -0.1) is 10.2 Å². The van der Waals surface area contributed by atoms with Crippen molar-refractivity contribution in [2.75, 3.05) is 19.8 Å². The van der Waals surface area contributed by atoms with E-state index in [0.29, 0.717) is 30.2 Å². The van der Waals surface area contributed by atoms with Gasteiger partial charge in [0, 0.05) is 6.54 Å². The maximum Gasteiger partial charge on any atom is 0.270 e. The summed E-state index contributed by atoms with van der Waals surface area (Å²) >= 11 is 0. The van der Waals surface area contributed by atoms with Crippen LogP contribution in [-0.2, 0) is 22.6 Å². The molecule has 0 saturated carbocycles. The predicted molar refractivity (Wildman–Crippen MR) is 109 cm³/mol. The third-order valence-electron chi connectivity index (χ3n) is 4.82. The second-order valence-corrected chi connectivity index (χ2v) is 7.42. The monoisotopic (exact) mass is 459 g/mol. The number of nitrogens with one attached hydrogen (secondary N) is 1. The third kappa shape index (κ3) is 5.63. The van der Waals surface area contributed by atoms with Gasteiger partial charge in [-0.3, -0.25) is 4.79 Å². The molecule has 1 aliphatic heterocycles. The third-order valence-corrected chi connectivity index (χ3v) is 4.82. The van der Waals surface area contributed by atoms with Gasteiger partial charge < -0.3 is 25.0 Å². The van der Waals surface area contributed by atoms with Gasteiger partial charge in [-0.2, -0.15) is 4.80 Å². The van der Waals surface area contributed by atoms with Crippen molar-refractivity contribution in [2.24, 2.45) is 0 Å². The number of halogens is 1. The zero-order valence-electron chi connectivity index (χ0n) is 17.7. The number of tetrazole rings is 1. The number of phenols is 1. The standard InChI is InChI=1S/C20H22FN7O5/c1-11-23-16(19-25-27-28(26-19)7-13-9-33-14(8-29)10-32-13)5-17(24-11)20(31)22-6-12-2-3-15(21)18(30)4-12/h2-5,13-14,29-30H,6-10H2,1H3,(H,22,31)/t13-,14?/m0/s1. The number of aryl methyl sites for hydroxylation is 1. The van der Waals surface area contributed by atoms with Gasteiger partial charge in [0.25, 0.3) is 5.91 Å².